The predicted molar refractivity (Wildman–Crippen MR) is 145 cm³/mol. The first-order valence-electron chi connectivity index (χ1n) is 12.4. The van der Waals surface area contributed by atoms with Crippen LogP contribution in [-0.4, -0.2) is 20.6 Å². The maximum Gasteiger partial charge on any atom is 0.223 e. The van der Waals surface area contributed by atoms with Crippen LogP contribution >= 0.6 is 23.2 Å². The van der Waals surface area contributed by atoms with E-state index in [-0.39, 0.29) is 17.6 Å². The van der Waals surface area contributed by atoms with Crippen LogP contribution < -0.4 is 5.32 Å². The van der Waals surface area contributed by atoms with E-state index in [4.69, 9.17) is 34.6 Å². The van der Waals surface area contributed by atoms with Crippen LogP contribution in [0.4, 0.5) is 0 Å². The van der Waals surface area contributed by atoms with E-state index in [9.17, 15) is 9.90 Å². The molecule has 7 heteroatoms. The highest BCUT2D eigenvalue weighted by molar-refractivity contribution is 6.36. The Balaban J connectivity index is 1.67. The van der Waals surface area contributed by atoms with Gasteiger partial charge in [0.15, 0.2) is 0 Å². The molecule has 1 aromatic heterocycles. The molecule has 4 rings (SSSR count). The van der Waals surface area contributed by atoms with Crippen molar-refractivity contribution < 1.29 is 9.90 Å². The van der Waals surface area contributed by atoms with Gasteiger partial charge in [0.25, 0.3) is 0 Å². The first kappa shape index (κ1) is 26.1. The molecule has 3 aromatic rings. The third kappa shape index (κ3) is 6.24. The van der Waals surface area contributed by atoms with Crippen molar-refractivity contribution in [1.29, 1.82) is 0 Å². The SMILES string of the molecule is C#CCn1cc(-c2ccc(Cl)cc2Cl)nc1[C@H](Cc1ccc(O)cc1)NC(=O)C1CCC(CC)CC1. The van der Waals surface area contributed by atoms with Crippen molar-refractivity contribution in [3.05, 3.63) is 70.1 Å². The minimum Gasteiger partial charge on any atom is -0.508 e. The maximum absolute atomic E-state index is 13.4. The Hall–Kier alpha value is -2.94. The van der Waals surface area contributed by atoms with Crippen LogP contribution in [0.1, 0.15) is 56.5 Å². The van der Waals surface area contributed by atoms with Crippen molar-refractivity contribution in [2.24, 2.45) is 11.8 Å². The van der Waals surface area contributed by atoms with Gasteiger partial charge in [0.1, 0.15) is 11.6 Å². The van der Waals surface area contributed by atoms with Crippen molar-refractivity contribution in [3.8, 4) is 29.4 Å². The Bertz CT molecular complexity index is 1240. The molecular weight excluding hydrogens is 493 g/mol. The number of carbonyl (C=O) groups is 1. The molecule has 0 radical (unpaired) electrons. The summed E-state index contributed by atoms with van der Waals surface area (Å²) in [5, 5.41) is 14.0. The van der Waals surface area contributed by atoms with Gasteiger partial charge in [0, 0.05) is 22.7 Å². The summed E-state index contributed by atoms with van der Waals surface area (Å²) in [5.41, 5.74) is 2.37. The number of rotatable bonds is 8. The summed E-state index contributed by atoms with van der Waals surface area (Å²) in [6.45, 7) is 2.52. The number of benzene rings is 2. The Morgan fingerprint density at radius 3 is 2.56 bits per heavy atom. The molecule has 1 aliphatic carbocycles. The standard InChI is InChI=1S/C29H31Cl2N3O2/c1-3-15-34-18-27(24-14-11-22(30)17-25(24)31)32-28(34)26(16-20-7-12-23(35)13-8-20)33-29(36)21-9-5-19(4-2)6-10-21/h1,7-8,11-14,17-19,21,26,35H,4-6,9-10,15-16H2,2H3,(H,33,36)/t19?,21?,26-/m0/s1. The van der Waals surface area contributed by atoms with Gasteiger partial charge in [-0.2, -0.15) is 0 Å². The Morgan fingerprint density at radius 2 is 1.92 bits per heavy atom. The fourth-order valence-electron chi connectivity index (χ4n) is 4.96. The number of carbonyl (C=O) groups excluding carboxylic acids is 1. The molecule has 0 aliphatic heterocycles. The Kier molecular flexibility index (Phi) is 8.61. The van der Waals surface area contributed by atoms with Gasteiger partial charge in [-0.1, -0.05) is 54.6 Å². The van der Waals surface area contributed by atoms with Crippen LogP contribution in [0.2, 0.25) is 10.0 Å². The van der Waals surface area contributed by atoms with E-state index in [1.165, 1.54) is 0 Å². The number of hydrogen-bond acceptors (Lipinski definition) is 3. The summed E-state index contributed by atoms with van der Waals surface area (Å²) in [5.74, 6) is 4.31. The second kappa shape index (κ2) is 11.9. The molecule has 0 unspecified atom stereocenters. The fraction of sp³-hybridized carbons (Fsp3) is 0.379. The third-order valence-electron chi connectivity index (χ3n) is 7.08. The fourth-order valence-corrected chi connectivity index (χ4v) is 5.46. The van der Waals surface area contributed by atoms with Crippen LogP contribution in [0.15, 0.2) is 48.7 Å². The van der Waals surface area contributed by atoms with Crippen LogP contribution in [-0.2, 0) is 17.8 Å². The monoisotopic (exact) mass is 523 g/mol. The summed E-state index contributed by atoms with van der Waals surface area (Å²) in [6, 6.07) is 11.9. The first-order chi connectivity index (χ1) is 17.4. The molecule has 1 atom stereocenters. The molecule has 1 aliphatic rings. The predicted octanol–water partition coefficient (Wildman–Crippen LogP) is 6.81. The van der Waals surface area contributed by atoms with Gasteiger partial charge in [-0.25, -0.2) is 4.98 Å². The quantitative estimate of drug-likeness (QED) is 0.318. The van der Waals surface area contributed by atoms with Gasteiger partial charge in [0.05, 0.1) is 23.3 Å². The number of imidazole rings is 1. The van der Waals surface area contributed by atoms with E-state index in [0.29, 0.717) is 40.4 Å². The minimum absolute atomic E-state index is 0.00339. The van der Waals surface area contributed by atoms with Crippen molar-refractivity contribution in [2.45, 2.75) is 58.0 Å². The zero-order valence-corrected chi connectivity index (χ0v) is 21.9. The molecule has 0 spiro atoms. The first-order valence-corrected chi connectivity index (χ1v) is 13.2. The zero-order valence-electron chi connectivity index (χ0n) is 20.4. The van der Waals surface area contributed by atoms with E-state index in [2.05, 4.69) is 18.2 Å². The van der Waals surface area contributed by atoms with Crippen LogP contribution in [0.25, 0.3) is 11.3 Å². The number of amides is 1. The number of halogens is 2. The second-order valence-corrected chi connectivity index (χ2v) is 10.3. The molecule has 1 fully saturated rings. The summed E-state index contributed by atoms with van der Waals surface area (Å²) in [4.78, 5) is 18.3. The Labute approximate surface area is 222 Å². The van der Waals surface area contributed by atoms with E-state index < -0.39 is 6.04 Å². The summed E-state index contributed by atoms with van der Waals surface area (Å²) >= 11 is 12.6. The summed E-state index contributed by atoms with van der Waals surface area (Å²) < 4.78 is 1.89. The molecule has 0 bridgehead atoms. The number of aromatic hydroxyl groups is 1. The van der Waals surface area contributed by atoms with Crippen LogP contribution in [0.3, 0.4) is 0 Å². The minimum atomic E-state index is -0.404. The highest BCUT2D eigenvalue weighted by atomic mass is 35.5. The average Bonchev–Trinajstić information content (AvgIpc) is 3.28. The molecule has 1 heterocycles. The van der Waals surface area contributed by atoms with Gasteiger partial charge < -0.3 is 15.0 Å². The van der Waals surface area contributed by atoms with Gasteiger partial charge >= 0.3 is 0 Å². The smallest absolute Gasteiger partial charge is 0.223 e. The maximum atomic E-state index is 13.4. The second-order valence-electron chi connectivity index (χ2n) is 9.50. The highest BCUT2D eigenvalue weighted by Gasteiger charge is 2.29. The summed E-state index contributed by atoms with van der Waals surface area (Å²) in [7, 11) is 0. The van der Waals surface area contributed by atoms with Crippen LogP contribution in [0, 0.1) is 24.2 Å². The number of phenols is 1. The normalized spacial score (nSPS) is 18.4. The van der Waals surface area contributed by atoms with E-state index in [1.807, 2.05) is 29.0 Å². The van der Waals surface area contributed by atoms with Crippen LogP contribution in [0.5, 0.6) is 5.75 Å². The Morgan fingerprint density at radius 1 is 1.19 bits per heavy atom. The average molecular weight is 524 g/mol. The largest absolute Gasteiger partial charge is 0.508 e. The number of phenolic OH excluding ortho intramolecular Hbond substituents is 1. The topological polar surface area (TPSA) is 67.2 Å². The summed E-state index contributed by atoms with van der Waals surface area (Å²) in [6.07, 6.45) is 13.2. The number of nitrogens with zero attached hydrogens (tertiary/aromatic N) is 2. The van der Waals surface area contributed by atoms with Gasteiger partial charge in [-0.05, 0) is 73.9 Å². The zero-order chi connectivity index (χ0) is 25.7. The number of terminal acetylenes is 1. The molecule has 1 amide bonds. The van der Waals surface area contributed by atoms with Crippen molar-refractivity contribution >= 4 is 29.1 Å². The lowest BCUT2D eigenvalue weighted by atomic mass is 9.80. The van der Waals surface area contributed by atoms with Crippen molar-refractivity contribution in [2.75, 3.05) is 0 Å². The molecule has 0 saturated heterocycles. The van der Waals surface area contributed by atoms with Crippen molar-refractivity contribution in [3.63, 3.8) is 0 Å². The number of hydrogen-bond donors (Lipinski definition) is 2. The lowest BCUT2D eigenvalue weighted by Crippen LogP contribution is -2.37. The lowest BCUT2D eigenvalue weighted by molar-refractivity contribution is -0.127. The third-order valence-corrected chi connectivity index (χ3v) is 7.62. The highest BCUT2D eigenvalue weighted by Crippen LogP contribution is 2.33. The van der Waals surface area contributed by atoms with E-state index in [1.54, 1.807) is 24.3 Å². The molecule has 5 nitrogen and oxygen atoms in total. The molecule has 36 heavy (non-hydrogen) atoms. The van der Waals surface area contributed by atoms with Gasteiger partial charge in [-0.3, -0.25) is 4.79 Å². The molecule has 2 aromatic carbocycles. The molecular formula is C29H31Cl2N3O2. The van der Waals surface area contributed by atoms with Gasteiger partial charge in [0.2, 0.25) is 5.91 Å². The number of nitrogens with one attached hydrogen (secondary N) is 1. The van der Waals surface area contributed by atoms with Crippen molar-refractivity contribution in [1.82, 2.24) is 14.9 Å². The molecule has 2 N–H and O–H groups in total. The van der Waals surface area contributed by atoms with E-state index in [0.717, 1.165) is 43.2 Å². The molecule has 188 valence electrons. The number of aromatic nitrogens is 2. The van der Waals surface area contributed by atoms with Gasteiger partial charge in [-0.15, -0.1) is 6.42 Å². The lowest BCUT2D eigenvalue weighted by Gasteiger charge is -2.29. The molecule has 1 saturated carbocycles. The van der Waals surface area contributed by atoms with E-state index >= 15 is 0 Å².